The molecule has 0 aromatic rings. The van der Waals surface area contributed by atoms with Crippen molar-refractivity contribution in [3.05, 3.63) is 0 Å². The number of amides is 1. The summed E-state index contributed by atoms with van der Waals surface area (Å²) in [6.07, 6.45) is 3.64. The van der Waals surface area contributed by atoms with Crippen LogP contribution in [0.3, 0.4) is 0 Å². The van der Waals surface area contributed by atoms with E-state index in [4.69, 9.17) is 0 Å². The van der Waals surface area contributed by atoms with Crippen LogP contribution in [0.25, 0.3) is 0 Å². The normalized spacial score (nSPS) is 31.1. The summed E-state index contributed by atoms with van der Waals surface area (Å²) in [7, 11) is 0. The van der Waals surface area contributed by atoms with Crippen LogP contribution >= 0.6 is 0 Å². The molecule has 1 amide bonds. The Morgan fingerprint density at radius 3 is 2.57 bits per heavy atom. The Hall–Kier alpha value is -0.570. The highest BCUT2D eigenvalue weighted by atomic mass is 16.2. The van der Waals surface area contributed by atoms with Crippen LogP contribution in [-0.2, 0) is 4.79 Å². The van der Waals surface area contributed by atoms with E-state index < -0.39 is 0 Å². The molecule has 0 bridgehead atoms. The lowest BCUT2D eigenvalue weighted by Crippen LogP contribution is -2.54. The maximum absolute atomic E-state index is 11.7. The van der Waals surface area contributed by atoms with Crippen LogP contribution in [0, 0.1) is 11.3 Å². The van der Waals surface area contributed by atoms with E-state index in [1.54, 1.807) is 0 Å². The highest BCUT2D eigenvalue weighted by molar-refractivity contribution is 5.80. The van der Waals surface area contributed by atoms with Crippen molar-refractivity contribution in [1.29, 1.82) is 0 Å². The van der Waals surface area contributed by atoms with E-state index in [0.717, 1.165) is 19.5 Å². The van der Waals surface area contributed by atoms with Crippen LogP contribution in [0.1, 0.15) is 33.1 Å². The molecule has 2 N–H and O–H groups in total. The van der Waals surface area contributed by atoms with Gasteiger partial charge in [0.1, 0.15) is 0 Å². The molecule has 2 fully saturated rings. The third-order valence-electron chi connectivity index (χ3n) is 3.73. The fraction of sp³-hybridized carbons (Fsp3) is 0.909. The molecule has 1 saturated heterocycles. The minimum Gasteiger partial charge on any atom is -0.353 e. The Morgan fingerprint density at radius 1 is 1.43 bits per heavy atom. The van der Waals surface area contributed by atoms with Gasteiger partial charge in [-0.25, -0.2) is 0 Å². The zero-order valence-corrected chi connectivity index (χ0v) is 9.10. The smallest absolute Gasteiger partial charge is 0.225 e. The Balaban J connectivity index is 1.87. The van der Waals surface area contributed by atoms with E-state index in [2.05, 4.69) is 24.5 Å². The molecule has 1 unspecified atom stereocenters. The van der Waals surface area contributed by atoms with Crippen molar-refractivity contribution in [2.45, 2.75) is 39.2 Å². The van der Waals surface area contributed by atoms with Crippen molar-refractivity contribution >= 4 is 5.91 Å². The summed E-state index contributed by atoms with van der Waals surface area (Å²) >= 11 is 0. The second-order valence-corrected chi connectivity index (χ2v) is 5.30. The molecule has 1 aliphatic carbocycles. The molecule has 1 saturated carbocycles. The van der Waals surface area contributed by atoms with Crippen molar-refractivity contribution in [2.24, 2.45) is 11.3 Å². The molecule has 1 heterocycles. The number of carbonyl (C=O) groups is 1. The second-order valence-electron chi connectivity index (χ2n) is 5.30. The molecule has 0 aromatic carbocycles. The summed E-state index contributed by atoms with van der Waals surface area (Å²) < 4.78 is 0. The first kappa shape index (κ1) is 9.97. The maximum Gasteiger partial charge on any atom is 0.225 e. The molecule has 3 heteroatoms. The van der Waals surface area contributed by atoms with E-state index in [9.17, 15) is 4.79 Å². The molecule has 2 rings (SSSR count). The fourth-order valence-corrected chi connectivity index (χ4v) is 2.36. The van der Waals surface area contributed by atoms with E-state index in [0.29, 0.717) is 11.5 Å². The highest BCUT2D eigenvalue weighted by Crippen LogP contribution is 2.37. The predicted molar refractivity (Wildman–Crippen MR) is 55.9 cm³/mol. The Bertz CT molecular complexity index is 233. The summed E-state index contributed by atoms with van der Waals surface area (Å²) in [6.45, 7) is 6.23. The van der Waals surface area contributed by atoms with Crippen LogP contribution in [-0.4, -0.2) is 25.0 Å². The number of hydrogen-bond donors (Lipinski definition) is 2. The highest BCUT2D eigenvalue weighted by Gasteiger charge is 2.37. The van der Waals surface area contributed by atoms with Crippen molar-refractivity contribution in [3.63, 3.8) is 0 Å². The Labute approximate surface area is 85.6 Å². The van der Waals surface area contributed by atoms with E-state index in [-0.39, 0.29) is 11.8 Å². The third-order valence-corrected chi connectivity index (χ3v) is 3.73. The van der Waals surface area contributed by atoms with Gasteiger partial charge in [-0.2, -0.15) is 0 Å². The van der Waals surface area contributed by atoms with Crippen LogP contribution < -0.4 is 10.6 Å². The van der Waals surface area contributed by atoms with Gasteiger partial charge in [-0.1, -0.05) is 20.3 Å². The molecular weight excluding hydrogens is 176 g/mol. The maximum atomic E-state index is 11.7. The summed E-state index contributed by atoms with van der Waals surface area (Å²) in [4.78, 5) is 11.7. The summed E-state index contributed by atoms with van der Waals surface area (Å²) in [5.41, 5.74) is 0.298. The topological polar surface area (TPSA) is 41.1 Å². The molecule has 80 valence electrons. The number of carbonyl (C=O) groups excluding carboxylic acids is 1. The summed E-state index contributed by atoms with van der Waals surface area (Å²) in [5, 5.41) is 6.32. The van der Waals surface area contributed by atoms with Crippen molar-refractivity contribution in [3.8, 4) is 0 Å². The van der Waals surface area contributed by atoms with Crippen LogP contribution in [0.2, 0.25) is 0 Å². The van der Waals surface area contributed by atoms with Gasteiger partial charge < -0.3 is 10.6 Å². The van der Waals surface area contributed by atoms with Gasteiger partial charge in [-0.05, 0) is 18.3 Å². The molecule has 1 aliphatic heterocycles. The number of nitrogens with one attached hydrogen (secondary N) is 2. The molecule has 0 spiro atoms. The van der Waals surface area contributed by atoms with Crippen LogP contribution in [0.4, 0.5) is 0 Å². The quantitative estimate of drug-likeness (QED) is 0.689. The van der Waals surface area contributed by atoms with Gasteiger partial charge in [0.05, 0.1) is 5.92 Å². The predicted octanol–water partition coefficient (Wildman–Crippen LogP) is 0.901. The van der Waals surface area contributed by atoms with Gasteiger partial charge in [0.2, 0.25) is 5.91 Å². The van der Waals surface area contributed by atoms with Crippen molar-refractivity contribution < 1.29 is 4.79 Å². The van der Waals surface area contributed by atoms with Crippen LogP contribution in [0.15, 0.2) is 0 Å². The van der Waals surface area contributed by atoms with Gasteiger partial charge in [-0.3, -0.25) is 4.79 Å². The first-order valence-corrected chi connectivity index (χ1v) is 5.61. The lowest BCUT2D eigenvalue weighted by atomic mass is 9.87. The standard InChI is InChI=1S/C11H20N2O/c1-11(2)5-3-4-9(11)13-10(14)8-6-12-7-8/h8-9,12H,3-7H2,1-2H3,(H,13,14). The Kier molecular flexibility index (Phi) is 2.52. The molecule has 2 aliphatic rings. The first-order chi connectivity index (χ1) is 6.59. The molecule has 0 aromatic heterocycles. The largest absolute Gasteiger partial charge is 0.353 e. The van der Waals surface area contributed by atoms with E-state index in [1.807, 2.05) is 0 Å². The number of hydrogen-bond acceptors (Lipinski definition) is 2. The monoisotopic (exact) mass is 196 g/mol. The molecule has 1 atom stereocenters. The first-order valence-electron chi connectivity index (χ1n) is 5.61. The average molecular weight is 196 g/mol. The second kappa shape index (κ2) is 3.54. The summed E-state index contributed by atoms with van der Waals surface area (Å²) in [6, 6.07) is 0.399. The lowest BCUT2D eigenvalue weighted by Gasteiger charge is -2.32. The van der Waals surface area contributed by atoms with Gasteiger partial charge in [0.15, 0.2) is 0 Å². The molecule has 14 heavy (non-hydrogen) atoms. The van der Waals surface area contributed by atoms with Gasteiger partial charge in [0, 0.05) is 19.1 Å². The molecular formula is C11H20N2O. The third kappa shape index (κ3) is 1.78. The Morgan fingerprint density at radius 2 is 2.14 bits per heavy atom. The number of rotatable bonds is 2. The molecule has 3 nitrogen and oxygen atoms in total. The van der Waals surface area contributed by atoms with Crippen LogP contribution in [0.5, 0.6) is 0 Å². The summed E-state index contributed by atoms with van der Waals surface area (Å²) in [5.74, 6) is 0.482. The molecule has 0 radical (unpaired) electrons. The zero-order chi connectivity index (χ0) is 10.2. The SMILES string of the molecule is CC1(C)CCCC1NC(=O)C1CNC1. The zero-order valence-electron chi connectivity index (χ0n) is 9.10. The van der Waals surface area contributed by atoms with Crippen molar-refractivity contribution in [1.82, 2.24) is 10.6 Å². The van der Waals surface area contributed by atoms with Crippen molar-refractivity contribution in [2.75, 3.05) is 13.1 Å². The minimum atomic E-state index is 0.228. The van der Waals surface area contributed by atoms with Gasteiger partial charge in [-0.15, -0.1) is 0 Å². The average Bonchev–Trinajstić information content (AvgIpc) is 2.27. The fourth-order valence-electron chi connectivity index (χ4n) is 2.36. The minimum absolute atomic E-state index is 0.228. The van der Waals surface area contributed by atoms with E-state index >= 15 is 0 Å². The van der Waals surface area contributed by atoms with E-state index in [1.165, 1.54) is 12.8 Å². The lowest BCUT2D eigenvalue weighted by molar-refractivity contribution is -0.127. The van der Waals surface area contributed by atoms with Gasteiger partial charge in [0.25, 0.3) is 0 Å². The van der Waals surface area contributed by atoms with Gasteiger partial charge >= 0.3 is 0 Å².